The van der Waals surface area contributed by atoms with Crippen molar-refractivity contribution in [2.24, 2.45) is 15.9 Å². The van der Waals surface area contributed by atoms with Crippen molar-refractivity contribution in [3.8, 4) is 0 Å². The summed E-state index contributed by atoms with van der Waals surface area (Å²) in [5.74, 6) is 0.366. The molecule has 1 aromatic rings. The van der Waals surface area contributed by atoms with Crippen LogP contribution in [0.25, 0.3) is 0 Å². The maximum atomic E-state index is 12.6. The van der Waals surface area contributed by atoms with Crippen LogP contribution in [0.3, 0.4) is 0 Å². The first-order valence-electron chi connectivity index (χ1n) is 9.53. The molecule has 2 heterocycles. The van der Waals surface area contributed by atoms with Gasteiger partial charge in [0.15, 0.2) is 0 Å². The van der Waals surface area contributed by atoms with Crippen LogP contribution < -0.4 is 5.32 Å². The van der Waals surface area contributed by atoms with Crippen LogP contribution in [0.4, 0.5) is 0 Å². The lowest BCUT2D eigenvalue weighted by Gasteiger charge is -2.29. The van der Waals surface area contributed by atoms with Gasteiger partial charge < -0.3 is 4.90 Å². The van der Waals surface area contributed by atoms with Gasteiger partial charge in [0.1, 0.15) is 0 Å². The fraction of sp³-hybridized carbons (Fsp3) is 0.429. The predicted octanol–water partition coefficient (Wildman–Crippen LogP) is 3.09. The molecule has 2 aliphatic rings. The second kappa shape index (κ2) is 8.29. The molecule has 6 heteroatoms. The van der Waals surface area contributed by atoms with E-state index in [2.05, 4.69) is 15.3 Å². The molecule has 0 unspecified atom stereocenters. The zero-order valence-electron chi connectivity index (χ0n) is 16.2. The highest BCUT2D eigenvalue weighted by molar-refractivity contribution is 6.14. The SMILES string of the molecule is CCC(CC)C(=O)N1C=C2CN=C(NC(=O)c3ccc(C)cc3)N=C2CC1. The third kappa shape index (κ3) is 4.32. The van der Waals surface area contributed by atoms with Gasteiger partial charge >= 0.3 is 0 Å². The number of aliphatic imine (C=N–C) groups is 2. The minimum absolute atomic E-state index is 0.0665. The van der Waals surface area contributed by atoms with Crippen LogP contribution in [0, 0.1) is 12.8 Å². The van der Waals surface area contributed by atoms with Gasteiger partial charge in [0.2, 0.25) is 11.9 Å². The lowest BCUT2D eigenvalue weighted by Crippen LogP contribution is -2.39. The molecule has 1 aromatic carbocycles. The van der Waals surface area contributed by atoms with E-state index in [1.165, 1.54) is 0 Å². The average molecular weight is 366 g/mol. The molecule has 0 fully saturated rings. The molecule has 27 heavy (non-hydrogen) atoms. The quantitative estimate of drug-likeness (QED) is 0.889. The van der Waals surface area contributed by atoms with E-state index in [-0.39, 0.29) is 17.7 Å². The molecule has 0 saturated carbocycles. The standard InChI is InChI=1S/C21H26N4O2/c1-4-15(5-2)20(27)25-11-10-18-17(13-25)12-22-21(23-18)24-19(26)16-8-6-14(3)7-9-16/h6-9,13,15H,4-5,10-12H2,1-3H3,(H,22,24,26). The molecule has 0 bridgehead atoms. The van der Waals surface area contributed by atoms with E-state index >= 15 is 0 Å². The summed E-state index contributed by atoms with van der Waals surface area (Å²) >= 11 is 0. The fourth-order valence-electron chi connectivity index (χ4n) is 3.29. The van der Waals surface area contributed by atoms with Crippen LogP contribution in [0.2, 0.25) is 0 Å². The molecule has 1 N–H and O–H groups in total. The van der Waals surface area contributed by atoms with Crippen LogP contribution in [-0.2, 0) is 4.79 Å². The molecular weight excluding hydrogens is 340 g/mol. The minimum Gasteiger partial charge on any atom is -0.318 e. The molecule has 0 aliphatic carbocycles. The topological polar surface area (TPSA) is 74.1 Å². The van der Waals surface area contributed by atoms with Crippen molar-refractivity contribution in [3.63, 3.8) is 0 Å². The van der Waals surface area contributed by atoms with E-state index in [4.69, 9.17) is 0 Å². The van der Waals surface area contributed by atoms with Gasteiger partial charge in [-0.05, 0) is 31.9 Å². The molecule has 0 saturated heterocycles. The number of aryl methyl sites for hydroxylation is 1. The third-order valence-corrected chi connectivity index (χ3v) is 5.07. The van der Waals surface area contributed by atoms with Crippen LogP contribution in [0.15, 0.2) is 46.0 Å². The summed E-state index contributed by atoms with van der Waals surface area (Å²) in [5.41, 5.74) is 3.54. The third-order valence-electron chi connectivity index (χ3n) is 5.07. The van der Waals surface area contributed by atoms with Crippen molar-refractivity contribution < 1.29 is 9.59 Å². The maximum absolute atomic E-state index is 12.6. The van der Waals surface area contributed by atoms with Crippen LogP contribution in [0.5, 0.6) is 0 Å². The highest BCUT2D eigenvalue weighted by Crippen LogP contribution is 2.20. The largest absolute Gasteiger partial charge is 0.318 e. The fourth-order valence-corrected chi connectivity index (χ4v) is 3.29. The molecule has 0 radical (unpaired) electrons. The van der Waals surface area contributed by atoms with Gasteiger partial charge in [0.25, 0.3) is 5.91 Å². The Labute approximate surface area is 160 Å². The summed E-state index contributed by atoms with van der Waals surface area (Å²) in [7, 11) is 0. The molecule has 6 nitrogen and oxygen atoms in total. The average Bonchev–Trinajstić information content (AvgIpc) is 2.69. The number of fused-ring (bicyclic) bond motifs is 1. The first kappa shape index (κ1) is 19.0. The Morgan fingerprint density at radius 3 is 2.56 bits per heavy atom. The Bertz CT molecular complexity index is 817. The lowest BCUT2D eigenvalue weighted by molar-refractivity contribution is -0.133. The molecular formula is C21H26N4O2. The summed E-state index contributed by atoms with van der Waals surface area (Å²) in [6.07, 6.45) is 4.26. The number of nitrogens with one attached hydrogen (secondary N) is 1. The van der Waals surface area contributed by atoms with E-state index in [9.17, 15) is 9.59 Å². The van der Waals surface area contributed by atoms with E-state index in [0.29, 0.717) is 31.0 Å². The number of rotatable bonds is 4. The Morgan fingerprint density at radius 2 is 1.89 bits per heavy atom. The summed E-state index contributed by atoms with van der Waals surface area (Å²) in [4.78, 5) is 35.6. The van der Waals surface area contributed by atoms with Gasteiger partial charge in [-0.15, -0.1) is 0 Å². The molecule has 0 spiro atoms. The number of amides is 2. The number of nitrogens with zero attached hydrogens (tertiary/aromatic N) is 3. The van der Waals surface area contributed by atoms with Crippen molar-refractivity contribution in [3.05, 3.63) is 47.2 Å². The normalized spacial score (nSPS) is 16.3. The van der Waals surface area contributed by atoms with Crippen LogP contribution in [0.1, 0.15) is 49.0 Å². The van der Waals surface area contributed by atoms with E-state index in [1.54, 1.807) is 17.0 Å². The number of benzene rings is 1. The second-order valence-electron chi connectivity index (χ2n) is 6.97. The smallest absolute Gasteiger partial charge is 0.258 e. The lowest BCUT2D eigenvalue weighted by atomic mass is 9.99. The van der Waals surface area contributed by atoms with Crippen molar-refractivity contribution in [1.29, 1.82) is 0 Å². The van der Waals surface area contributed by atoms with E-state index < -0.39 is 0 Å². The first-order valence-corrected chi connectivity index (χ1v) is 9.53. The number of guanidine groups is 1. The number of hydrogen-bond donors (Lipinski definition) is 1. The summed E-state index contributed by atoms with van der Waals surface area (Å²) in [6.45, 7) is 7.12. The highest BCUT2D eigenvalue weighted by Gasteiger charge is 2.27. The highest BCUT2D eigenvalue weighted by atomic mass is 16.2. The van der Waals surface area contributed by atoms with Gasteiger partial charge in [-0.3, -0.25) is 14.9 Å². The van der Waals surface area contributed by atoms with Crippen LogP contribution in [-0.4, -0.2) is 41.5 Å². The van der Waals surface area contributed by atoms with Crippen molar-refractivity contribution in [1.82, 2.24) is 10.2 Å². The van der Waals surface area contributed by atoms with Gasteiger partial charge in [-0.2, -0.15) is 0 Å². The van der Waals surface area contributed by atoms with Gasteiger partial charge in [0.05, 0.1) is 12.3 Å². The zero-order valence-corrected chi connectivity index (χ0v) is 16.2. The molecule has 142 valence electrons. The second-order valence-corrected chi connectivity index (χ2v) is 6.97. The van der Waals surface area contributed by atoms with Crippen LogP contribution >= 0.6 is 0 Å². The number of carbonyl (C=O) groups is 2. The number of carbonyl (C=O) groups excluding carboxylic acids is 2. The summed E-state index contributed by atoms with van der Waals surface area (Å²) in [5, 5.41) is 2.77. The summed E-state index contributed by atoms with van der Waals surface area (Å²) in [6, 6.07) is 7.37. The van der Waals surface area contributed by atoms with Gasteiger partial charge in [0, 0.05) is 36.2 Å². The van der Waals surface area contributed by atoms with Gasteiger partial charge in [-0.1, -0.05) is 31.5 Å². The molecule has 0 aromatic heterocycles. The van der Waals surface area contributed by atoms with Crippen molar-refractivity contribution in [2.75, 3.05) is 13.1 Å². The molecule has 2 aliphatic heterocycles. The summed E-state index contributed by atoms with van der Waals surface area (Å²) < 4.78 is 0. The van der Waals surface area contributed by atoms with Crippen molar-refractivity contribution in [2.45, 2.75) is 40.0 Å². The monoisotopic (exact) mass is 366 g/mol. The Hall–Kier alpha value is -2.76. The Kier molecular flexibility index (Phi) is 5.84. The Balaban J connectivity index is 1.67. The number of hydrogen-bond acceptors (Lipinski definition) is 4. The molecule has 3 rings (SSSR count). The zero-order chi connectivity index (χ0) is 19.4. The minimum atomic E-state index is -0.216. The molecule has 2 amide bonds. The predicted molar refractivity (Wildman–Crippen MR) is 107 cm³/mol. The van der Waals surface area contributed by atoms with Crippen molar-refractivity contribution >= 4 is 23.5 Å². The van der Waals surface area contributed by atoms with E-state index in [0.717, 1.165) is 29.7 Å². The first-order chi connectivity index (χ1) is 13.0. The van der Waals surface area contributed by atoms with E-state index in [1.807, 2.05) is 39.1 Å². The Morgan fingerprint density at radius 1 is 1.19 bits per heavy atom. The maximum Gasteiger partial charge on any atom is 0.258 e. The van der Waals surface area contributed by atoms with Gasteiger partial charge in [-0.25, -0.2) is 9.98 Å². The molecule has 0 atom stereocenters.